The van der Waals surface area contributed by atoms with E-state index >= 15 is 0 Å². The van der Waals surface area contributed by atoms with E-state index in [2.05, 4.69) is 28.1 Å². The van der Waals surface area contributed by atoms with Crippen molar-refractivity contribution >= 4 is 11.6 Å². The second-order valence-electron chi connectivity index (χ2n) is 5.49. The molecule has 19 heavy (non-hydrogen) atoms. The normalized spacial score (nSPS) is 22.1. The van der Waals surface area contributed by atoms with Gasteiger partial charge in [0.25, 0.3) is 0 Å². The third kappa shape index (κ3) is 3.14. The number of nitrogens with one attached hydrogen (secondary N) is 3. The molecule has 0 radical (unpaired) electrons. The van der Waals surface area contributed by atoms with E-state index in [1.165, 1.54) is 24.8 Å². The maximum absolute atomic E-state index is 11.3. The van der Waals surface area contributed by atoms with E-state index in [1.54, 1.807) is 0 Å². The van der Waals surface area contributed by atoms with E-state index in [0.717, 1.165) is 30.9 Å². The highest BCUT2D eigenvalue weighted by molar-refractivity contribution is 5.99. The number of anilines is 1. The molecule has 3 rings (SSSR count). The average molecular weight is 259 g/mol. The number of fused-ring (bicyclic) bond motifs is 1. The Bertz CT molecular complexity index is 466. The van der Waals surface area contributed by atoms with Gasteiger partial charge in [0.2, 0.25) is 5.91 Å². The summed E-state index contributed by atoms with van der Waals surface area (Å²) in [7, 11) is 0. The second-order valence-corrected chi connectivity index (χ2v) is 5.49. The summed E-state index contributed by atoms with van der Waals surface area (Å²) in [6, 6.07) is 6.85. The lowest BCUT2D eigenvalue weighted by Crippen LogP contribution is -2.41. The van der Waals surface area contributed by atoms with Crippen LogP contribution in [0.1, 0.15) is 30.4 Å². The monoisotopic (exact) mass is 259 g/mol. The Hall–Kier alpha value is -1.39. The molecule has 0 aromatic heterocycles. The lowest BCUT2D eigenvalue weighted by Gasteiger charge is -2.23. The fraction of sp³-hybridized carbons (Fsp3) is 0.533. The molecule has 1 aromatic rings. The highest BCUT2D eigenvalue weighted by atomic mass is 16.1. The number of hydrogen-bond acceptors (Lipinski definition) is 3. The van der Waals surface area contributed by atoms with Crippen LogP contribution in [0.3, 0.4) is 0 Å². The molecule has 4 nitrogen and oxygen atoms in total. The molecule has 0 spiro atoms. The molecule has 0 aliphatic carbocycles. The summed E-state index contributed by atoms with van der Waals surface area (Å²) in [6.45, 7) is 3.05. The van der Waals surface area contributed by atoms with E-state index in [4.69, 9.17) is 0 Å². The number of rotatable bonds is 4. The van der Waals surface area contributed by atoms with Crippen LogP contribution in [-0.2, 0) is 17.8 Å². The number of benzene rings is 1. The summed E-state index contributed by atoms with van der Waals surface area (Å²) >= 11 is 0. The molecule has 2 heterocycles. The smallest absolute Gasteiger partial charge is 0.228 e. The molecule has 1 atom stereocenters. The molecule has 1 aromatic carbocycles. The molecule has 4 heteroatoms. The number of carbonyl (C=O) groups is 1. The Balaban J connectivity index is 1.50. The van der Waals surface area contributed by atoms with Crippen LogP contribution in [0.4, 0.5) is 5.69 Å². The highest BCUT2D eigenvalue weighted by Crippen LogP contribution is 2.23. The van der Waals surface area contributed by atoms with Gasteiger partial charge in [-0.1, -0.05) is 18.6 Å². The van der Waals surface area contributed by atoms with E-state index in [-0.39, 0.29) is 5.91 Å². The first kappa shape index (κ1) is 12.6. The van der Waals surface area contributed by atoms with Gasteiger partial charge in [0.15, 0.2) is 0 Å². The number of piperidine rings is 1. The fourth-order valence-electron chi connectivity index (χ4n) is 2.88. The SMILES string of the molecule is O=C1Cc2cc(CNCC3CCCCN3)ccc2N1. The zero-order valence-electron chi connectivity index (χ0n) is 11.2. The zero-order valence-corrected chi connectivity index (χ0v) is 11.2. The van der Waals surface area contributed by atoms with Crippen molar-refractivity contribution in [1.29, 1.82) is 0 Å². The van der Waals surface area contributed by atoms with Gasteiger partial charge in [0.05, 0.1) is 6.42 Å². The van der Waals surface area contributed by atoms with Crippen molar-refractivity contribution in [2.75, 3.05) is 18.4 Å². The Morgan fingerprint density at radius 3 is 3.11 bits per heavy atom. The van der Waals surface area contributed by atoms with Crippen LogP contribution in [0.15, 0.2) is 18.2 Å². The van der Waals surface area contributed by atoms with Gasteiger partial charge in [-0.15, -0.1) is 0 Å². The van der Waals surface area contributed by atoms with Crippen molar-refractivity contribution in [2.45, 2.75) is 38.3 Å². The summed E-state index contributed by atoms with van der Waals surface area (Å²) < 4.78 is 0. The highest BCUT2D eigenvalue weighted by Gasteiger charge is 2.17. The molecule has 2 aliphatic heterocycles. The molecule has 102 valence electrons. The molecule has 1 fully saturated rings. The van der Waals surface area contributed by atoms with Crippen molar-refractivity contribution in [1.82, 2.24) is 10.6 Å². The van der Waals surface area contributed by atoms with Crippen molar-refractivity contribution in [3.8, 4) is 0 Å². The number of amides is 1. The van der Waals surface area contributed by atoms with Gasteiger partial charge < -0.3 is 16.0 Å². The molecule has 3 N–H and O–H groups in total. The average Bonchev–Trinajstić information content (AvgIpc) is 2.79. The summed E-state index contributed by atoms with van der Waals surface area (Å²) in [5, 5.41) is 9.90. The predicted molar refractivity (Wildman–Crippen MR) is 76.1 cm³/mol. The Labute approximate surface area is 114 Å². The van der Waals surface area contributed by atoms with Crippen LogP contribution in [0, 0.1) is 0 Å². The molecule has 0 saturated carbocycles. The summed E-state index contributed by atoms with van der Waals surface area (Å²) in [5.41, 5.74) is 3.36. The summed E-state index contributed by atoms with van der Waals surface area (Å²) in [6.07, 6.45) is 4.44. The molecular weight excluding hydrogens is 238 g/mol. The third-order valence-electron chi connectivity index (χ3n) is 3.93. The van der Waals surface area contributed by atoms with Gasteiger partial charge in [-0.2, -0.15) is 0 Å². The van der Waals surface area contributed by atoms with Gasteiger partial charge in [0.1, 0.15) is 0 Å². The molecule has 0 bridgehead atoms. The number of hydrogen-bond donors (Lipinski definition) is 3. The van der Waals surface area contributed by atoms with Crippen LogP contribution in [0.2, 0.25) is 0 Å². The largest absolute Gasteiger partial charge is 0.326 e. The molecule has 1 unspecified atom stereocenters. The van der Waals surface area contributed by atoms with Gasteiger partial charge >= 0.3 is 0 Å². The van der Waals surface area contributed by atoms with Crippen LogP contribution < -0.4 is 16.0 Å². The maximum atomic E-state index is 11.3. The minimum atomic E-state index is 0.103. The lowest BCUT2D eigenvalue weighted by atomic mass is 10.0. The Morgan fingerprint density at radius 1 is 1.32 bits per heavy atom. The van der Waals surface area contributed by atoms with Crippen LogP contribution in [0.5, 0.6) is 0 Å². The zero-order chi connectivity index (χ0) is 13.1. The van der Waals surface area contributed by atoms with Gasteiger partial charge in [0, 0.05) is 24.8 Å². The number of carbonyl (C=O) groups excluding carboxylic acids is 1. The molecule has 2 aliphatic rings. The lowest BCUT2D eigenvalue weighted by molar-refractivity contribution is -0.115. The topological polar surface area (TPSA) is 53.2 Å². The summed E-state index contributed by atoms with van der Waals surface area (Å²) in [5.74, 6) is 0.103. The first-order valence-corrected chi connectivity index (χ1v) is 7.17. The quantitative estimate of drug-likeness (QED) is 0.766. The van der Waals surface area contributed by atoms with Crippen molar-refractivity contribution < 1.29 is 4.79 Å². The van der Waals surface area contributed by atoms with Crippen molar-refractivity contribution in [3.05, 3.63) is 29.3 Å². The van der Waals surface area contributed by atoms with Crippen LogP contribution in [-0.4, -0.2) is 25.0 Å². The third-order valence-corrected chi connectivity index (χ3v) is 3.93. The molecule has 1 saturated heterocycles. The van der Waals surface area contributed by atoms with E-state index < -0.39 is 0 Å². The summed E-state index contributed by atoms with van der Waals surface area (Å²) in [4.78, 5) is 11.3. The van der Waals surface area contributed by atoms with Crippen molar-refractivity contribution in [3.63, 3.8) is 0 Å². The Kier molecular flexibility index (Phi) is 3.80. The van der Waals surface area contributed by atoms with E-state index in [0.29, 0.717) is 12.5 Å². The predicted octanol–water partition coefficient (Wildman–Crippen LogP) is 1.41. The van der Waals surface area contributed by atoms with E-state index in [1.807, 2.05) is 6.07 Å². The minimum Gasteiger partial charge on any atom is -0.326 e. The molecule has 1 amide bonds. The van der Waals surface area contributed by atoms with Gasteiger partial charge in [-0.05, 0) is 36.6 Å². The van der Waals surface area contributed by atoms with Crippen LogP contribution >= 0.6 is 0 Å². The Morgan fingerprint density at radius 2 is 2.26 bits per heavy atom. The van der Waals surface area contributed by atoms with Gasteiger partial charge in [-0.25, -0.2) is 0 Å². The minimum absolute atomic E-state index is 0.103. The maximum Gasteiger partial charge on any atom is 0.228 e. The van der Waals surface area contributed by atoms with Crippen LogP contribution in [0.25, 0.3) is 0 Å². The second kappa shape index (κ2) is 5.72. The van der Waals surface area contributed by atoms with E-state index in [9.17, 15) is 4.79 Å². The van der Waals surface area contributed by atoms with Gasteiger partial charge in [-0.3, -0.25) is 4.79 Å². The first-order valence-electron chi connectivity index (χ1n) is 7.17. The first-order chi connectivity index (χ1) is 9.31. The standard InChI is InChI=1S/C15H21N3O/c19-15-8-12-7-11(4-5-14(12)18-15)9-16-10-13-3-1-2-6-17-13/h4-5,7,13,16-17H,1-3,6,8-10H2,(H,18,19). The fourth-order valence-corrected chi connectivity index (χ4v) is 2.88. The van der Waals surface area contributed by atoms with Crippen molar-refractivity contribution in [2.24, 2.45) is 0 Å². The molecular formula is C15H21N3O.